The standard InChI is InChI=1S/C24H42B3N3/c1-7-13-19-25-28(22-16-10-4)26(20-14-8-2)30(24-18-12-6)27(21-15-9-3)29(25)23-17-11-5/h7-18H,19-24H2,1-6H3/b13-7+,14-8+,15-9+,16-10+,17-11+,18-12+. The molecule has 1 aliphatic heterocycles. The molecule has 1 fully saturated rings. The number of rotatable bonds is 12. The first-order valence-corrected chi connectivity index (χ1v) is 11.6. The van der Waals surface area contributed by atoms with Crippen LogP contribution in [0, 0.1) is 0 Å². The van der Waals surface area contributed by atoms with Gasteiger partial charge in [-0.2, -0.15) is 0 Å². The van der Waals surface area contributed by atoms with Gasteiger partial charge in [0.15, 0.2) is 0 Å². The fourth-order valence-corrected chi connectivity index (χ4v) is 4.16. The van der Waals surface area contributed by atoms with E-state index in [1.807, 2.05) is 0 Å². The van der Waals surface area contributed by atoms with Crippen LogP contribution in [0.25, 0.3) is 0 Å². The van der Waals surface area contributed by atoms with Crippen LogP contribution in [0.5, 0.6) is 0 Å². The summed E-state index contributed by atoms with van der Waals surface area (Å²) in [6.07, 6.45) is 30.1. The topological polar surface area (TPSA) is 9.72 Å². The molecule has 0 saturated carbocycles. The second-order valence-electron chi connectivity index (χ2n) is 7.65. The molecular weight excluding hydrogens is 363 g/mol. The molecular formula is C24H42B3N3. The predicted molar refractivity (Wildman–Crippen MR) is 141 cm³/mol. The molecule has 0 aromatic carbocycles. The summed E-state index contributed by atoms with van der Waals surface area (Å²) in [5.74, 6) is 0. The molecule has 0 aliphatic carbocycles. The molecule has 1 saturated heterocycles. The normalized spacial score (nSPS) is 18.4. The monoisotopic (exact) mass is 405 g/mol. The fraction of sp³-hybridized carbons (Fsp3) is 0.500. The van der Waals surface area contributed by atoms with Gasteiger partial charge in [0, 0.05) is 0 Å². The highest BCUT2D eigenvalue weighted by atomic mass is 15.3. The van der Waals surface area contributed by atoms with Crippen molar-refractivity contribution in [1.82, 2.24) is 14.2 Å². The van der Waals surface area contributed by atoms with Crippen LogP contribution in [0.4, 0.5) is 0 Å². The molecule has 0 spiro atoms. The summed E-state index contributed by atoms with van der Waals surface area (Å²) in [5.41, 5.74) is 0. The largest absolute Gasteiger partial charge is 0.353 e. The van der Waals surface area contributed by atoms with Gasteiger partial charge in [-0.05, 0) is 80.1 Å². The Morgan fingerprint density at radius 3 is 0.833 bits per heavy atom. The first kappa shape index (κ1) is 26.5. The predicted octanol–water partition coefficient (Wildman–Crippen LogP) is 5.83. The zero-order valence-corrected chi connectivity index (χ0v) is 20.2. The van der Waals surface area contributed by atoms with Gasteiger partial charge in [-0.15, -0.1) is 0 Å². The molecule has 1 rings (SSSR count). The second kappa shape index (κ2) is 16.2. The van der Waals surface area contributed by atoms with Gasteiger partial charge in [0.2, 0.25) is 0 Å². The summed E-state index contributed by atoms with van der Waals surface area (Å²) in [5, 5.41) is 0. The Morgan fingerprint density at radius 2 is 0.633 bits per heavy atom. The third kappa shape index (κ3) is 7.98. The minimum atomic E-state index is 0.376. The highest BCUT2D eigenvalue weighted by Gasteiger charge is 2.49. The maximum Gasteiger partial charge on any atom is 0.294 e. The van der Waals surface area contributed by atoms with Crippen LogP contribution in [0.15, 0.2) is 72.9 Å². The molecule has 0 aromatic heterocycles. The van der Waals surface area contributed by atoms with E-state index in [9.17, 15) is 0 Å². The van der Waals surface area contributed by atoms with Gasteiger partial charge in [0.1, 0.15) is 0 Å². The molecule has 0 radical (unpaired) electrons. The lowest BCUT2D eigenvalue weighted by atomic mass is 9.40. The Bertz CT molecular complexity index is 474. The molecule has 1 heterocycles. The van der Waals surface area contributed by atoms with E-state index < -0.39 is 0 Å². The summed E-state index contributed by atoms with van der Waals surface area (Å²) in [7, 11) is 0. The Hall–Kier alpha value is -1.49. The number of nitrogens with zero attached hydrogens (tertiary/aromatic N) is 3. The quantitative estimate of drug-likeness (QED) is 0.299. The minimum absolute atomic E-state index is 0.376. The van der Waals surface area contributed by atoms with Crippen molar-refractivity contribution in [3.8, 4) is 0 Å². The lowest BCUT2D eigenvalue weighted by Crippen LogP contribution is -2.77. The lowest BCUT2D eigenvalue weighted by Gasteiger charge is -2.54. The van der Waals surface area contributed by atoms with E-state index in [1.54, 1.807) is 0 Å². The average molecular weight is 405 g/mol. The van der Waals surface area contributed by atoms with Gasteiger partial charge in [0.25, 0.3) is 20.9 Å². The Labute approximate surface area is 188 Å². The number of hydrogen-bond donors (Lipinski definition) is 0. The van der Waals surface area contributed by atoms with Crippen molar-refractivity contribution >= 4 is 20.9 Å². The van der Waals surface area contributed by atoms with E-state index in [4.69, 9.17) is 0 Å². The van der Waals surface area contributed by atoms with E-state index in [0.29, 0.717) is 20.9 Å². The van der Waals surface area contributed by atoms with E-state index in [1.165, 1.54) is 0 Å². The highest BCUT2D eigenvalue weighted by Crippen LogP contribution is 2.27. The molecule has 0 amide bonds. The van der Waals surface area contributed by atoms with Crippen LogP contribution in [-0.4, -0.2) is 54.7 Å². The third-order valence-electron chi connectivity index (χ3n) is 5.70. The maximum atomic E-state index is 2.69. The van der Waals surface area contributed by atoms with Gasteiger partial charge < -0.3 is 14.2 Å². The molecule has 0 unspecified atom stereocenters. The summed E-state index contributed by atoms with van der Waals surface area (Å²) < 4.78 is 8.08. The van der Waals surface area contributed by atoms with E-state index >= 15 is 0 Å². The van der Waals surface area contributed by atoms with E-state index in [0.717, 1.165) is 38.6 Å². The third-order valence-corrected chi connectivity index (χ3v) is 5.70. The van der Waals surface area contributed by atoms with Crippen LogP contribution in [-0.2, 0) is 0 Å². The molecule has 162 valence electrons. The van der Waals surface area contributed by atoms with Crippen molar-refractivity contribution in [2.24, 2.45) is 0 Å². The molecule has 0 N–H and O–H groups in total. The van der Waals surface area contributed by atoms with Crippen LogP contribution >= 0.6 is 0 Å². The number of hydrogen-bond acceptors (Lipinski definition) is 3. The van der Waals surface area contributed by atoms with Crippen LogP contribution < -0.4 is 0 Å². The van der Waals surface area contributed by atoms with Crippen molar-refractivity contribution in [1.29, 1.82) is 0 Å². The zero-order chi connectivity index (χ0) is 22.2. The minimum Gasteiger partial charge on any atom is -0.353 e. The molecule has 0 bridgehead atoms. The van der Waals surface area contributed by atoms with Crippen molar-refractivity contribution < 1.29 is 0 Å². The fourth-order valence-electron chi connectivity index (χ4n) is 4.16. The van der Waals surface area contributed by atoms with Crippen molar-refractivity contribution in [3.05, 3.63) is 72.9 Å². The molecule has 6 heteroatoms. The van der Waals surface area contributed by atoms with Crippen molar-refractivity contribution in [2.45, 2.75) is 60.5 Å². The zero-order valence-electron chi connectivity index (χ0n) is 20.2. The van der Waals surface area contributed by atoms with Gasteiger partial charge in [-0.1, -0.05) is 72.9 Å². The highest BCUT2D eigenvalue weighted by molar-refractivity contribution is 6.86. The van der Waals surface area contributed by atoms with E-state index in [-0.39, 0.29) is 0 Å². The second-order valence-corrected chi connectivity index (χ2v) is 7.65. The average Bonchev–Trinajstić information content (AvgIpc) is 2.76. The molecule has 3 nitrogen and oxygen atoms in total. The lowest BCUT2D eigenvalue weighted by molar-refractivity contribution is 0.477. The molecule has 0 aromatic rings. The summed E-state index contributed by atoms with van der Waals surface area (Å²) >= 11 is 0. The van der Waals surface area contributed by atoms with Gasteiger partial charge in [0.05, 0.1) is 0 Å². The molecule has 30 heavy (non-hydrogen) atoms. The van der Waals surface area contributed by atoms with Crippen molar-refractivity contribution in [3.63, 3.8) is 0 Å². The summed E-state index contributed by atoms with van der Waals surface area (Å²) in [6, 6.07) is 0. The van der Waals surface area contributed by atoms with Gasteiger partial charge >= 0.3 is 0 Å². The molecule has 0 atom stereocenters. The van der Waals surface area contributed by atoms with Crippen molar-refractivity contribution in [2.75, 3.05) is 19.6 Å². The molecule has 1 aliphatic rings. The Morgan fingerprint density at radius 1 is 0.400 bits per heavy atom. The van der Waals surface area contributed by atoms with Gasteiger partial charge in [-0.25, -0.2) is 0 Å². The SMILES string of the molecule is C/C=C/CB1N(C/C=C/C)B(C/C=C/C)N(C/C=C/C)B(C/C=C/C)N1C/C=C/C. The van der Waals surface area contributed by atoms with Crippen LogP contribution in [0.1, 0.15) is 41.5 Å². The Kier molecular flexibility index (Phi) is 14.4. The first-order chi connectivity index (χ1) is 14.7. The first-order valence-electron chi connectivity index (χ1n) is 11.6. The Balaban J connectivity index is 3.53. The smallest absolute Gasteiger partial charge is 0.294 e. The van der Waals surface area contributed by atoms with Crippen LogP contribution in [0.3, 0.4) is 0 Å². The number of allylic oxidation sites excluding steroid dienone is 9. The van der Waals surface area contributed by atoms with E-state index in [2.05, 4.69) is 129 Å². The summed E-state index contributed by atoms with van der Waals surface area (Å²) in [4.78, 5) is 0. The summed E-state index contributed by atoms with van der Waals surface area (Å²) in [6.45, 7) is 16.8. The maximum absolute atomic E-state index is 2.69. The van der Waals surface area contributed by atoms with Crippen LogP contribution in [0.2, 0.25) is 19.0 Å². The van der Waals surface area contributed by atoms with Gasteiger partial charge in [-0.3, -0.25) is 0 Å².